The number of ether oxygens (including phenoxy) is 1. The topological polar surface area (TPSA) is 48.2 Å². The maximum Gasteiger partial charge on any atom is 0.238 e. The van der Waals surface area contributed by atoms with Crippen molar-refractivity contribution in [3.63, 3.8) is 0 Å². The maximum absolute atomic E-state index is 13.3. The van der Waals surface area contributed by atoms with Crippen LogP contribution in [0.2, 0.25) is 10.0 Å². The molecule has 3 rings (SSSR count). The molecule has 0 atom stereocenters. The minimum absolute atomic E-state index is 0.273. The maximum atomic E-state index is 13.3. The van der Waals surface area contributed by atoms with E-state index < -0.39 is 0 Å². The molecule has 0 aliphatic rings. The summed E-state index contributed by atoms with van der Waals surface area (Å²) in [6.07, 6.45) is 3.62. The number of anilines is 1. The average Bonchev–Trinajstić information content (AvgIpc) is 2.71. The molecule has 0 radical (unpaired) electrons. The summed E-state index contributed by atoms with van der Waals surface area (Å²) in [5.41, 5.74) is 2.42. The molecule has 0 bridgehead atoms. The molecule has 29 heavy (non-hydrogen) atoms. The van der Waals surface area contributed by atoms with Crippen LogP contribution in [-0.2, 0) is 0 Å². The smallest absolute Gasteiger partial charge is 0.238 e. The SMILES string of the molecule is COc1ccc(NC(=S)/C(=C(\[O-])c2ccc(Cl)c(Cl)c2)[n+]2cccc(C)c2)cc1. The van der Waals surface area contributed by atoms with E-state index in [-0.39, 0.29) is 10.7 Å². The van der Waals surface area contributed by atoms with Crippen LogP contribution in [0.15, 0.2) is 67.0 Å². The second-order valence-electron chi connectivity index (χ2n) is 6.28. The minimum atomic E-state index is -0.273. The molecule has 2 aromatic carbocycles. The largest absolute Gasteiger partial charge is 0.867 e. The van der Waals surface area contributed by atoms with E-state index in [0.717, 1.165) is 17.0 Å². The Morgan fingerprint density at radius 2 is 1.79 bits per heavy atom. The highest BCUT2D eigenvalue weighted by Gasteiger charge is 2.19. The number of nitrogens with one attached hydrogen (secondary N) is 1. The zero-order chi connectivity index (χ0) is 21.0. The second-order valence-corrected chi connectivity index (χ2v) is 7.50. The second kappa shape index (κ2) is 9.27. The molecule has 0 aliphatic carbocycles. The van der Waals surface area contributed by atoms with Crippen LogP contribution in [0.1, 0.15) is 11.1 Å². The van der Waals surface area contributed by atoms with Crippen LogP contribution >= 0.6 is 35.4 Å². The lowest BCUT2D eigenvalue weighted by atomic mass is 10.1. The van der Waals surface area contributed by atoms with Crippen molar-refractivity contribution in [2.45, 2.75) is 6.92 Å². The zero-order valence-electron chi connectivity index (χ0n) is 15.8. The number of hydrogen-bond donors (Lipinski definition) is 1. The summed E-state index contributed by atoms with van der Waals surface area (Å²) >= 11 is 17.7. The van der Waals surface area contributed by atoms with Gasteiger partial charge in [0.2, 0.25) is 5.70 Å². The summed E-state index contributed by atoms with van der Waals surface area (Å²) in [7, 11) is 1.60. The number of thiocarbonyl (C=S) groups is 1. The molecule has 0 fully saturated rings. The molecule has 1 aromatic heterocycles. The number of methoxy groups -OCH3 is 1. The Bertz CT molecular complexity index is 1080. The van der Waals surface area contributed by atoms with Gasteiger partial charge in [-0.2, -0.15) is 4.57 Å². The van der Waals surface area contributed by atoms with E-state index in [0.29, 0.717) is 21.3 Å². The molecule has 1 N–H and O–H groups in total. The van der Waals surface area contributed by atoms with Crippen molar-refractivity contribution in [2.24, 2.45) is 0 Å². The third-order valence-corrected chi connectivity index (χ3v) is 5.20. The number of rotatable bonds is 5. The van der Waals surface area contributed by atoms with Crippen molar-refractivity contribution >= 4 is 57.6 Å². The Balaban J connectivity index is 2.06. The van der Waals surface area contributed by atoms with E-state index in [2.05, 4.69) is 5.32 Å². The van der Waals surface area contributed by atoms with Gasteiger partial charge in [0.05, 0.1) is 17.2 Å². The van der Waals surface area contributed by atoms with Crippen LogP contribution in [0, 0.1) is 6.92 Å². The minimum Gasteiger partial charge on any atom is -0.867 e. The van der Waals surface area contributed by atoms with Crippen LogP contribution in [0.5, 0.6) is 5.75 Å². The molecular formula is C22H18Cl2N2O2S. The Hall–Kier alpha value is -2.60. The van der Waals surface area contributed by atoms with Gasteiger partial charge < -0.3 is 15.2 Å². The van der Waals surface area contributed by atoms with Crippen LogP contribution in [0.25, 0.3) is 11.5 Å². The molecular weight excluding hydrogens is 427 g/mol. The molecule has 4 nitrogen and oxygen atoms in total. The Morgan fingerprint density at radius 1 is 1.07 bits per heavy atom. The summed E-state index contributed by atoms with van der Waals surface area (Å²) in [4.78, 5) is 0.279. The monoisotopic (exact) mass is 444 g/mol. The Labute approximate surface area is 185 Å². The van der Waals surface area contributed by atoms with Gasteiger partial charge in [0.25, 0.3) is 0 Å². The van der Waals surface area contributed by atoms with Crippen LogP contribution in [-0.4, -0.2) is 12.1 Å². The lowest BCUT2D eigenvalue weighted by Crippen LogP contribution is -2.40. The molecule has 0 saturated carbocycles. The fraction of sp³-hybridized carbons (Fsp3) is 0.0909. The molecule has 0 amide bonds. The first-order chi connectivity index (χ1) is 13.9. The summed E-state index contributed by atoms with van der Waals surface area (Å²) in [5.74, 6) is 0.454. The first-order valence-corrected chi connectivity index (χ1v) is 9.86. The molecule has 7 heteroatoms. The fourth-order valence-corrected chi connectivity index (χ4v) is 3.32. The van der Waals surface area contributed by atoms with Crippen molar-refractivity contribution in [3.8, 4) is 5.75 Å². The summed E-state index contributed by atoms with van der Waals surface area (Å²) in [6.45, 7) is 1.94. The van der Waals surface area contributed by atoms with Crippen LogP contribution in [0.4, 0.5) is 5.69 Å². The van der Waals surface area contributed by atoms with E-state index in [1.54, 1.807) is 36.1 Å². The van der Waals surface area contributed by atoms with Crippen molar-refractivity contribution in [1.29, 1.82) is 0 Å². The summed E-state index contributed by atoms with van der Waals surface area (Å²) in [6, 6.07) is 15.8. The highest BCUT2D eigenvalue weighted by atomic mass is 35.5. The van der Waals surface area contributed by atoms with Gasteiger partial charge in [-0.25, -0.2) is 0 Å². The van der Waals surface area contributed by atoms with Gasteiger partial charge in [-0.3, -0.25) is 0 Å². The van der Waals surface area contributed by atoms with Crippen LogP contribution in [0.3, 0.4) is 0 Å². The first kappa shape index (κ1) is 21.1. The zero-order valence-corrected chi connectivity index (χ0v) is 18.1. The molecule has 1 heterocycles. The molecule has 0 unspecified atom stereocenters. The van der Waals surface area contributed by atoms with E-state index in [9.17, 15) is 5.11 Å². The standard InChI is InChI=1S/C22H18Cl2N2O2S/c1-14-4-3-11-26(13-14)20(21(27)15-5-10-18(23)19(24)12-15)22(29)25-16-6-8-17(28-2)9-7-16/h3-13H,1-2H3,(H-,25,27,29). The van der Waals surface area contributed by atoms with Crippen LogP contribution < -0.4 is 19.7 Å². The number of nitrogens with zero attached hydrogens (tertiary/aromatic N) is 1. The van der Waals surface area contributed by atoms with E-state index >= 15 is 0 Å². The lowest BCUT2D eigenvalue weighted by molar-refractivity contribution is -0.578. The number of aromatic nitrogens is 1. The van der Waals surface area contributed by atoms with Gasteiger partial charge in [0, 0.05) is 17.3 Å². The predicted molar refractivity (Wildman–Crippen MR) is 120 cm³/mol. The number of aryl methyl sites for hydroxylation is 1. The van der Waals surface area contributed by atoms with Crippen molar-refractivity contribution in [2.75, 3.05) is 12.4 Å². The van der Waals surface area contributed by atoms with E-state index in [1.807, 2.05) is 49.5 Å². The molecule has 0 saturated heterocycles. The van der Waals surface area contributed by atoms with Gasteiger partial charge in [-0.15, -0.1) is 0 Å². The number of pyridine rings is 1. The number of benzene rings is 2. The quantitative estimate of drug-likeness (QED) is 0.267. The number of halogens is 2. The molecule has 148 valence electrons. The van der Waals surface area contributed by atoms with Gasteiger partial charge in [-0.1, -0.05) is 41.5 Å². The van der Waals surface area contributed by atoms with Crippen molar-refractivity contribution in [3.05, 3.63) is 88.2 Å². The number of hydrogen-bond acceptors (Lipinski definition) is 3. The normalized spacial score (nSPS) is 11.6. The summed E-state index contributed by atoms with van der Waals surface area (Å²) in [5, 5.41) is 17.2. The van der Waals surface area contributed by atoms with Gasteiger partial charge >= 0.3 is 0 Å². The first-order valence-electron chi connectivity index (χ1n) is 8.69. The highest BCUT2D eigenvalue weighted by molar-refractivity contribution is 7.81. The Morgan fingerprint density at radius 3 is 2.41 bits per heavy atom. The third-order valence-electron chi connectivity index (χ3n) is 4.17. The van der Waals surface area contributed by atoms with Crippen molar-refractivity contribution in [1.82, 2.24) is 0 Å². The Kier molecular flexibility index (Phi) is 6.75. The third kappa shape index (κ3) is 5.07. The summed E-state index contributed by atoms with van der Waals surface area (Å²) < 4.78 is 6.88. The van der Waals surface area contributed by atoms with E-state index in [4.69, 9.17) is 40.2 Å². The predicted octanol–water partition coefficient (Wildman–Crippen LogP) is 4.72. The average molecular weight is 445 g/mol. The highest BCUT2D eigenvalue weighted by Crippen LogP contribution is 2.26. The van der Waals surface area contributed by atoms with Gasteiger partial charge in [-0.05, 0) is 60.7 Å². The van der Waals surface area contributed by atoms with E-state index in [1.165, 1.54) is 0 Å². The lowest BCUT2D eigenvalue weighted by Gasteiger charge is -2.17. The molecule has 3 aromatic rings. The molecule has 0 spiro atoms. The molecule has 0 aliphatic heterocycles. The fourth-order valence-electron chi connectivity index (χ4n) is 2.71. The van der Waals surface area contributed by atoms with Crippen molar-refractivity contribution < 1.29 is 14.4 Å². The van der Waals surface area contributed by atoms with Gasteiger partial charge in [0.1, 0.15) is 5.75 Å². The van der Waals surface area contributed by atoms with Gasteiger partial charge in [0.15, 0.2) is 17.4 Å².